The molecular weight excluding hydrogens is 463 g/mol. The van der Waals surface area contributed by atoms with Crippen molar-refractivity contribution < 1.29 is 4.74 Å². The fourth-order valence-corrected chi connectivity index (χ4v) is 4.27. The molecule has 1 aliphatic heterocycles. The second-order valence-electron chi connectivity index (χ2n) is 8.15. The maximum Gasteiger partial charge on any atom is 0.191 e. The number of ether oxygens (including phenoxy) is 1. The lowest BCUT2D eigenvalue weighted by Gasteiger charge is -2.32. The van der Waals surface area contributed by atoms with Crippen LogP contribution in [0.2, 0.25) is 0 Å². The van der Waals surface area contributed by atoms with Gasteiger partial charge < -0.3 is 20.3 Å². The van der Waals surface area contributed by atoms with E-state index in [9.17, 15) is 0 Å². The topological polar surface area (TPSA) is 48.9 Å². The Morgan fingerprint density at radius 1 is 1.14 bits per heavy atom. The van der Waals surface area contributed by atoms with Gasteiger partial charge >= 0.3 is 0 Å². The van der Waals surface area contributed by atoms with Crippen LogP contribution in [-0.4, -0.2) is 45.4 Å². The van der Waals surface area contributed by atoms with Gasteiger partial charge in [-0.05, 0) is 49.1 Å². The zero-order valence-corrected chi connectivity index (χ0v) is 19.9. The Labute approximate surface area is 187 Å². The Morgan fingerprint density at radius 3 is 2.46 bits per heavy atom. The molecule has 6 heteroatoms. The summed E-state index contributed by atoms with van der Waals surface area (Å²) < 4.78 is 5.50. The summed E-state index contributed by atoms with van der Waals surface area (Å²) in [5.74, 6) is 2.61. The Kier molecular flexibility index (Phi) is 9.85. The van der Waals surface area contributed by atoms with Crippen molar-refractivity contribution in [2.75, 3.05) is 38.3 Å². The molecule has 0 atom stereocenters. The first-order valence-corrected chi connectivity index (χ1v) is 10.5. The number of hydrogen-bond acceptors (Lipinski definition) is 3. The highest BCUT2D eigenvalue weighted by Crippen LogP contribution is 2.29. The minimum atomic E-state index is 0. The second-order valence-corrected chi connectivity index (χ2v) is 8.15. The van der Waals surface area contributed by atoms with Gasteiger partial charge in [-0.1, -0.05) is 32.0 Å². The average Bonchev–Trinajstić information content (AvgIpc) is 2.72. The molecule has 1 aromatic rings. The highest BCUT2D eigenvalue weighted by Gasteiger charge is 2.23. The van der Waals surface area contributed by atoms with E-state index in [1.807, 2.05) is 7.05 Å². The normalized spacial score (nSPS) is 23.3. The van der Waals surface area contributed by atoms with E-state index in [1.165, 1.54) is 36.9 Å². The van der Waals surface area contributed by atoms with Gasteiger partial charge in [-0.15, -0.1) is 24.0 Å². The Hall–Kier alpha value is -1.02. The maximum atomic E-state index is 5.50. The number of hydrogen-bond donors (Lipinski definition) is 2. The molecule has 0 spiro atoms. The number of morpholine rings is 1. The molecular formula is C22H37IN4O. The fourth-order valence-electron chi connectivity index (χ4n) is 4.27. The number of halogens is 1. The van der Waals surface area contributed by atoms with Crippen LogP contribution in [0, 0.1) is 11.8 Å². The van der Waals surface area contributed by atoms with Crippen molar-refractivity contribution in [1.29, 1.82) is 0 Å². The van der Waals surface area contributed by atoms with Gasteiger partial charge in [0.15, 0.2) is 5.96 Å². The van der Waals surface area contributed by atoms with E-state index in [1.54, 1.807) is 0 Å². The van der Waals surface area contributed by atoms with E-state index in [4.69, 9.17) is 4.74 Å². The molecule has 2 fully saturated rings. The molecule has 1 saturated carbocycles. The molecule has 28 heavy (non-hydrogen) atoms. The molecule has 0 unspecified atom stereocenters. The van der Waals surface area contributed by atoms with Crippen LogP contribution in [-0.2, 0) is 11.3 Å². The summed E-state index contributed by atoms with van der Waals surface area (Å²) in [6.07, 6.45) is 5.14. The van der Waals surface area contributed by atoms with Crippen LogP contribution >= 0.6 is 24.0 Å². The zero-order chi connectivity index (χ0) is 19.1. The number of anilines is 1. The third kappa shape index (κ3) is 6.51. The standard InChI is InChI=1S/C22H36N4O.HI/c1-17(2)18-8-10-20(11-9-18)25-22(23-3)24-16-19-6-4-5-7-21(19)26-12-14-27-15-13-26;/h4-7,17-18,20H,8-16H2,1-3H3,(H2,23,24,25);1H. The van der Waals surface area contributed by atoms with E-state index in [0.717, 1.165) is 50.6 Å². The van der Waals surface area contributed by atoms with Gasteiger partial charge in [-0.2, -0.15) is 0 Å². The molecule has 1 aliphatic carbocycles. The van der Waals surface area contributed by atoms with E-state index >= 15 is 0 Å². The SMILES string of the molecule is CN=C(NCc1ccccc1N1CCOCC1)NC1CCC(C(C)C)CC1.I. The number of aliphatic imine (C=N–C) groups is 1. The first-order valence-electron chi connectivity index (χ1n) is 10.5. The Morgan fingerprint density at radius 2 is 1.82 bits per heavy atom. The molecule has 1 saturated heterocycles. The summed E-state index contributed by atoms with van der Waals surface area (Å²) in [4.78, 5) is 6.87. The van der Waals surface area contributed by atoms with Gasteiger partial charge in [0.1, 0.15) is 0 Å². The summed E-state index contributed by atoms with van der Waals surface area (Å²) in [6, 6.07) is 9.20. The molecule has 2 N–H and O–H groups in total. The number of nitrogens with zero attached hydrogens (tertiary/aromatic N) is 2. The molecule has 1 heterocycles. The summed E-state index contributed by atoms with van der Waals surface area (Å²) >= 11 is 0. The molecule has 158 valence electrons. The summed E-state index contributed by atoms with van der Waals surface area (Å²) in [5, 5.41) is 7.17. The van der Waals surface area contributed by atoms with E-state index in [0.29, 0.717) is 6.04 Å². The molecule has 1 aromatic carbocycles. The second kappa shape index (κ2) is 11.9. The summed E-state index contributed by atoms with van der Waals surface area (Å²) in [6.45, 7) is 9.03. The largest absolute Gasteiger partial charge is 0.378 e. The third-order valence-corrected chi connectivity index (χ3v) is 6.07. The predicted octanol–water partition coefficient (Wildman–Crippen LogP) is 4.02. The predicted molar refractivity (Wildman–Crippen MR) is 129 cm³/mol. The summed E-state index contributed by atoms with van der Waals surface area (Å²) in [7, 11) is 1.86. The smallest absolute Gasteiger partial charge is 0.191 e. The van der Waals surface area contributed by atoms with Crippen molar-refractivity contribution in [3.05, 3.63) is 29.8 Å². The average molecular weight is 500 g/mol. The van der Waals surface area contributed by atoms with Crippen LogP contribution in [0.15, 0.2) is 29.3 Å². The van der Waals surface area contributed by atoms with Crippen LogP contribution in [0.5, 0.6) is 0 Å². The minimum Gasteiger partial charge on any atom is -0.378 e. The van der Waals surface area contributed by atoms with Crippen LogP contribution < -0.4 is 15.5 Å². The Balaban J connectivity index is 0.00000280. The first kappa shape index (κ1) is 23.3. The third-order valence-electron chi connectivity index (χ3n) is 6.07. The molecule has 5 nitrogen and oxygen atoms in total. The van der Waals surface area contributed by atoms with Gasteiger partial charge in [-0.25, -0.2) is 0 Å². The van der Waals surface area contributed by atoms with Crippen LogP contribution in [0.3, 0.4) is 0 Å². The van der Waals surface area contributed by atoms with Gasteiger partial charge in [-0.3, -0.25) is 4.99 Å². The molecule has 3 rings (SSSR count). The number of guanidine groups is 1. The van der Waals surface area contributed by atoms with E-state index < -0.39 is 0 Å². The van der Waals surface area contributed by atoms with E-state index in [-0.39, 0.29) is 24.0 Å². The van der Waals surface area contributed by atoms with E-state index in [2.05, 4.69) is 58.6 Å². The maximum absolute atomic E-state index is 5.50. The number of nitrogens with one attached hydrogen (secondary N) is 2. The lowest BCUT2D eigenvalue weighted by Crippen LogP contribution is -2.45. The van der Waals surface area contributed by atoms with Gasteiger partial charge in [0.05, 0.1) is 13.2 Å². The lowest BCUT2D eigenvalue weighted by molar-refractivity contribution is 0.122. The van der Waals surface area contributed by atoms with Crippen molar-refractivity contribution in [1.82, 2.24) is 10.6 Å². The summed E-state index contributed by atoms with van der Waals surface area (Å²) in [5.41, 5.74) is 2.62. The van der Waals surface area contributed by atoms with Gasteiger partial charge in [0.2, 0.25) is 0 Å². The number of rotatable bonds is 5. The monoisotopic (exact) mass is 500 g/mol. The quantitative estimate of drug-likeness (QED) is 0.365. The molecule has 0 amide bonds. The highest BCUT2D eigenvalue weighted by atomic mass is 127. The van der Waals surface area contributed by atoms with Gasteiger partial charge in [0.25, 0.3) is 0 Å². The molecule has 0 radical (unpaired) electrons. The fraction of sp³-hybridized carbons (Fsp3) is 0.682. The van der Waals surface area contributed by atoms with Crippen LogP contribution in [0.1, 0.15) is 45.1 Å². The van der Waals surface area contributed by atoms with Gasteiger partial charge in [0, 0.05) is 38.4 Å². The first-order chi connectivity index (χ1) is 13.2. The number of para-hydroxylation sites is 1. The molecule has 0 bridgehead atoms. The van der Waals surface area contributed by atoms with Crippen molar-refractivity contribution >= 4 is 35.6 Å². The van der Waals surface area contributed by atoms with Crippen LogP contribution in [0.25, 0.3) is 0 Å². The molecule has 2 aliphatic rings. The van der Waals surface area contributed by atoms with Crippen molar-refractivity contribution in [2.45, 2.75) is 52.1 Å². The van der Waals surface area contributed by atoms with Crippen molar-refractivity contribution in [2.24, 2.45) is 16.8 Å². The van der Waals surface area contributed by atoms with Crippen LogP contribution in [0.4, 0.5) is 5.69 Å². The Bertz CT molecular complexity index is 608. The lowest BCUT2D eigenvalue weighted by atomic mass is 9.80. The molecule has 0 aromatic heterocycles. The van der Waals surface area contributed by atoms with Crippen molar-refractivity contribution in [3.63, 3.8) is 0 Å². The highest BCUT2D eigenvalue weighted by molar-refractivity contribution is 14.0. The minimum absolute atomic E-state index is 0. The van der Waals surface area contributed by atoms with Crippen molar-refractivity contribution in [3.8, 4) is 0 Å². The number of benzene rings is 1. The zero-order valence-electron chi connectivity index (χ0n) is 17.6.